The fourth-order valence-corrected chi connectivity index (χ4v) is 1.78. The van der Waals surface area contributed by atoms with Crippen LogP contribution in [0.1, 0.15) is 25.2 Å². The Labute approximate surface area is 109 Å². The summed E-state index contributed by atoms with van der Waals surface area (Å²) in [5.74, 6) is 0.420. The van der Waals surface area contributed by atoms with Crippen molar-refractivity contribution in [3.63, 3.8) is 0 Å². The number of rotatable bonds is 3. The zero-order valence-electron chi connectivity index (χ0n) is 9.48. The van der Waals surface area contributed by atoms with Gasteiger partial charge in [-0.25, -0.2) is 4.68 Å². The van der Waals surface area contributed by atoms with Crippen LogP contribution in [0.3, 0.4) is 0 Å². The van der Waals surface area contributed by atoms with E-state index in [1.165, 1.54) is 0 Å². The Kier molecular flexibility index (Phi) is 3.59. The van der Waals surface area contributed by atoms with E-state index in [9.17, 15) is 0 Å². The molecule has 17 heavy (non-hydrogen) atoms. The zero-order valence-corrected chi connectivity index (χ0v) is 11.0. The second-order valence-corrected chi connectivity index (χ2v) is 4.14. The zero-order chi connectivity index (χ0) is 12.4. The van der Waals surface area contributed by atoms with Crippen LogP contribution < -0.4 is 0 Å². The molecule has 0 aliphatic heterocycles. The maximum absolute atomic E-state index is 5.96. The Hall–Kier alpha value is -1.20. The quantitative estimate of drug-likeness (QED) is 0.861. The van der Waals surface area contributed by atoms with E-state index >= 15 is 0 Å². The molecule has 2 aromatic heterocycles. The summed E-state index contributed by atoms with van der Waals surface area (Å²) in [5.41, 5.74) is 1.99. The Morgan fingerprint density at radius 3 is 2.59 bits per heavy atom. The summed E-state index contributed by atoms with van der Waals surface area (Å²) in [5, 5.41) is 12.0. The van der Waals surface area contributed by atoms with Gasteiger partial charge in [0.05, 0.1) is 5.69 Å². The summed E-state index contributed by atoms with van der Waals surface area (Å²) in [6.07, 6.45) is 1.68. The van der Waals surface area contributed by atoms with Crippen LogP contribution in [0.2, 0.25) is 10.4 Å². The third-order valence-corrected chi connectivity index (χ3v) is 2.77. The minimum Gasteiger partial charge on any atom is -0.216 e. The summed E-state index contributed by atoms with van der Waals surface area (Å²) < 4.78 is 1.67. The van der Waals surface area contributed by atoms with Crippen molar-refractivity contribution in [1.82, 2.24) is 25.0 Å². The van der Waals surface area contributed by atoms with Crippen LogP contribution in [0.4, 0.5) is 0 Å². The molecule has 2 rings (SSSR count). The molecule has 0 aliphatic rings. The summed E-state index contributed by atoms with van der Waals surface area (Å²) in [6.45, 7) is 4.08. The average molecular weight is 272 g/mol. The Balaban J connectivity index is 2.58. The molecule has 0 amide bonds. The van der Waals surface area contributed by atoms with Crippen molar-refractivity contribution < 1.29 is 0 Å². The molecule has 0 aliphatic carbocycles. The highest BCUT2D eigenvalue weighted by Crippen LogP contribution is 2.19. The third kappa shape index (κ3) is 2.40. The SMILES string of the molecule is CCc1cc(CC)n(-c2nc(Cl)nnc2Cl)n1. The van der Waals surface area contributed by atoms with Crippen molar-refractivity contribution in [3.8, 4) is 5.82 Å². The van der Waals surface area contributed by atoms with Gasteiger partial charge >= 0.3 is 0 Å². The van der Waals surface area contributed by atoms with Gasteiger partial charge in [-0.3, -0.25) is 0 Å². The normalized spacial score (nSPS) is 10.8. The number of hydrogen-bond acceptors (Lipinski definition) is 4. The first-order chi connectivity index (χ1) is 8.15. The van der Waals surface area contributed by atoms with Crippen molar-refractivity contribution in [2.45, 2.75) is 26.7 Å². The molecule has 0 fully saturated rings. The minimum atomic E-state index is 0.0556. The topological polar surface area (TPSA) is 56.5 Å². The van der Waals surface area contributed by atoms with Gasteiger partial charge < -0.3 is 0 Å². The molecular weight excluding hydrogens is 261 g/mol. The molecule has 0 N–H and O–H groups in total. The van der Waals surface area contributed by atoms with Crippen molar-refractivity contribution in [2.24, 2.45) is 0 Å². The highest BCUT2D eigenvalue weighted by Gasteiger charge is 2.14. The third-order valence-electron chi connectivity index (χ3n) is 2.36. The van der Waals surface area contributed by atoms with Crippen LogP contribution in [-0.2, 0) is 12.8 Å². The van der Waals surface area contributed by atoms with Gasteiger partial charge in [0.25, 0.3) is 0 Å². The van der Waals surface area contributed by atoms with Gasteiger partial charge in [-0.1, -0.05) is 25.4 Å². The molecule has 90 valence electrons. The van der Waals surface area contributed by atoms with E-state index in [1.807, 2.05) is 19.9 Å². The van der Waals surface area contributed by atoms with Gasteiger partial charge in [0.15, 0.2) is 11.0 Å². The molecule has 0 atom stereocenters. The van der Waals surface area contributed by atoms with Crippen LogP contribution in [0.15, 0.2) is 6.07 Å². The maximum Gasteiger partial charge on any atom is 0.245 e. The summed E-state index contributed by atoms with van der Waals surface area (Å²) in [6, 6.07) is 2.02. The molecule has 0 bridgehead atoms. The van der Waals surface area contributed by atoms with Crippen LogP contribution in [0.5, 0.6) is 0 Å². The van der Waals surface area contributed by atoms with Crippen LogP contribution in [-0.4, -0.2) is 25.0 Å². The highest BCUT2D eigenvalue weighted by atomic mass is 35.5. The van der Waals surface area contributed by atoms with Gasteiger partial charge in [0.2, 0.25) is 5.28 Å². The molecule has 5 nitrogen and oxygen atoms in total. The first kappa shape index (κ1) is 12.3. The molecule has 7 heteroatoms. The Morgan fingerprint density at radius 1 is 1.18 bits per heavy atom. The number of hydrogen-bond donors (Lipinski definition) is 0. The molecule has 0 unspecified atom stereocenters. The molecule has 2 heterocycles. The lowest BCUT2D eigenvalue weighted by Gasteiger charge is -2.05. The van der Waals surface area contributed by atoms with E-state index < -0.39 is 0 Å². The van der Waals surface area contributed by atoms with Crippen molar-refractivity contribution in [2.75, 3.05) is 0 Å². The van der Waals surface area contributed by atoms with Crippen molar-refractivity contribution in [1.29, 1.82) is 0 Å². The fraction of sp³-hybridized carbons (Fsp3) is 0.400. The lowest BCUT2D eigenvalue weighted by molar-refractivity contribution is 0.755. The number of halogens is 2. The molecule has 0 saturated carbocycles. The van der Waals surface area contributed by atoms with E-state index in [1.54, 1.807) is 4.68 Å². The minimum absolute atomic E-state index is 0.0556. The number of aromatic nitrogens is 5. The first-order valence-corrected chi connectivity index (χ1v) is 6.05. The van der Waals surface area contributed by atoms with Crippen molar-refractivity contribution >= 4 is 23.2 Å². The predicted molar refractivity (Wildman–Crippen MR) is 65.7 cm³/mol. The van der Waals surface area contributed by atoms with E-state index in [2.05, 4.69) is 20.3 Å². The Morgan fingerprint density at radius 2 is 1.94 bits per heavy atom. The molecule has 0 radical (unpaired) electrons. The van der Waals surface area contributed by atoms with E-state index in [0.29, 0.717) is 5.82 Å². The van der Waals surface area contributed by atoms with Gasteiger partial charge in [0.1, 0.15) is 0 Å². The van der Waals surface area contributed by atoms with Gasteiger partial charge in [-0.2, -0.15) is 10.1 Å². The number of aryl methyl sites for hydroxylation is 2. The second kappa shape index (κ2) is 4.98. The van der Waals surface area contributed by atoms with Crippen LogP contribution in [0.25, 0.3) is 5.82 Å². The first-order valence-electron chi connectivity index (χ1n) is 5.29. The maximum atomic E-state index is 5.96. The van der Waals surface area contributed by atoms with Crippen LogP contribution >= 0.6 is 23.2 Å². The highest BCUT2D eigenvalue weighted by molar-refractivity contribution is 6.31. The molecular formula is C10H11Cl2N5. The average Bonchev–Trinajstić information content (AvgIpc) is 2.75. The summed E-state index contributed by atoms with van der Waals surface area (Å²) >= 11 is 11.7. The van der Waals surface area contributed by atoms with Crippen molar-refractivity contribution in [3.05, 3.63) is 27.9 Å². The number of nitrogens with zero attached hydrogens (tertiary/aromatic N) is 5. The second-order valence-electron chi connectivity index (χ2n) is 3.44. The monoisotopic (exact) mass is 271 g/mol. The van der Waals surface area contributed by atoms with Crippen LogP contribution in [0, 0.1) is 0 Å². The fourth-order valence-electron chi connectivity index (χ4n) is 1.50. The largest absolute Gasteiger partial charge is 0.245 e. The lowest BCUT2D eigenvalue weighted by atomic mass is 10.3. The summed E-state index contributed by atoms with van der Waals surface area (Å²) in [7, 11) is 0. The standard InChI is InChI=1S/C10H11Cl2N5/c1-3-6-5-7(4-2)17(16-6)9-8(11)14-15-10(12)13-9/h5H,3-4H2,1-2H3. The molecule has 0 saturated heterocycles. The van der Waals surface area contributed by atoms with Gasteiger partial charge in [-0.05, 0) is 30.5 Å². The van der Waals surface area contributed by atoms with E-state index in [0.717, 1.165) is 24.2 Å². The molecule has 0 spiro atoms. The smallest absolute Gasteiger partial charge is 0.216 e. The van der Waals surface area contributed by atoms with Gasteiger partial charge in [0, 0.05) is 5.69 Å². The van der Waals surface area contributed by atoms with E-state index in [4.69, 9.17) is 23.2 Å². The van der Waals surface area contributed by atoms with Gasteiger partial charge in [-0.15, -0.1) is 10.2 Å². The molecule has 0 aromatic carbocycles. The molecule has 2 aromatic rings. The lowest BCUT2D eigenvalue weighted by Crippen LogP contribution is -2.07. The Bertz CT molecular complexity index is 537. The predicted octanol–water partition coefficient (Wildman–Crippen LogP) is 2.49. The summed E-state index contributed by atoms with van der Waals surface area (Å²) in [4.78, 5) is 4.06. The van der Waals surface area contributed by atoms with E-state index in [-0.39, 0.29) is 10.4 Å².